The Morgan fingerprint density at radius 3 is 2.40 bits per heavy atom. The number of hydrogen-bond donors (Lipinski definition) is 1. The van der Waals surface area contributed by atoms with E-state index in [0.29, 0.717) is 13.0 Å². The van der Waals surface area contributed by atoms with Crippen LogP contribution in [0, 0.1) is 5.41 Å². The largest absolute Gasteiger partial charge is 0.444 e. The maximum Gasteiger partial charge on any atom is 0.410 e. The first-order valence-corrected chi connectivity index (χ1v) is 4.89. The van der Waals surface area contributed by atoms with Crippen molar-refractivity contribution in [3.05, 3.63) is 0 Å². The van der Waals surface area contributed by atoms with Crippen LogP contribution in [0.2, 0.25) is 0 Å². The Balaban J connectivity index is 2.55. The number of ether oxygens (including phenoxy) is 1. The number of rotatable bonds is 2. The predicted octanol–water partition coefficient (Wildman–Crippen LogP) is 1.21. The summed E-state index contributed by atoms with van der Waals surface area (Å²) in [7, 11) is 0. The quantitative estimate of drug-likeness (QED) is 0.699. The average molecular weight is 212 g/mol. The number of nitrogens with one attached hydrogen (secondary N) is 1. The zero-order chi connectivity index (χ0) is 11.6. The summed E-state index contributed by atoms with van der Waals surface area (Å²) in [5.41, 5.74) is -0.551. The Kier molecular flexibility index (Phi) is 3.12. The maximum absolute atomic E-state index is 11.5. The van der Waals surface area contributed by atoms with Crippen LogP contribution in [-0.4, -0.2) is 41.2 Å². The molecule has 5 nitrogen and oxygen atoms in total. The number of hydrogen-bond acceptors (Lipinski definition) is 4. The van der Waals surface area contributed by atoms with Gasteiger partial charge in [-0.25, -0.2) is 4.79 Å². The zero-order valence-corrected chi connectivity index (χ0v) is 9.24. The van der Waals surface area contributed by atoms with Crippen molar-refractivity contribution in [3.63, 3.8) is 0 Å². The van der Waals surface area contributed by atoms with Crippen molar-refractivity contribution >= 4 is 18.1 Å². The average Bonchev–Trinajstić information content (AvgIpc) is 1.97. The van der Waals surface area contributed by atoms with Crippen molar-refractivity contribution < 1.29 is 14.3 Å². The van der Waals surface area contributed by atoms with Gasteiger partial charge in [-0.05, 0) is 27.2 Å². The molecule has 1 saturated heterocycles. The molecule has 1 aliphatic rings. The molecule has 84 valence electrons. The Morgan fingerprint density at radius 2 is 2.07 bits per heavy atom. The minimum atomic E-state index is -0.551. The van der Waals surface area contributed by atoms with Crippen molar-refractivity contribution in [1.29, 1.82) is 5.41 Å². The fourth-order valence-electron chi connectivity index (χ4n) is 1.32. The van der Waals surface area contributed by atoms with Crippen molar-refractivity contribution in [3.8, 4) is 0 Å². The lowest BCUT2D eigenvalue weighted by Crippen LogP contribution is -2.56. The van der Waals surface area contributed by atoms with Crippen LogP contribution in [0.15, 0.2) is 0 Å². The number of ketones is 1. The molecule has 1 fully saturated rings. The van der Waals surface area contributed by atoms with Gasteiger partial charge < -0.3 is 10.1 Å². The monoisotopic (exact) mass is 212 g/mol. The molecule has 0 saturated carbocycles. The molecule has 1 heterocycles. The van der Waals surface area contributed by atoms with E-state index in [1.54, 1.807) is 20.8 Å². The van der Waals surface area contributed by atoms with Gasteiger partial charge in [0, 0.05) is 6.54 Å². The Bertz CT molecular complexity index is 294. The Hall–Kier alpha value is -1.39. The summed E-state index contributed by atoms with van der Waals surface area (Å²) < 4.78 is 5.13. The summed E-state index contributed by atoms with van der Waals surface area (Å²) in [5.74, 6) is -0.341. The molecule has 0 aromatic carbocycles. The van der Waals surface area contributed by atoms with E-state index < -0.39 is 17.7 Å². The highest BCUT2D eigenvalue weighted by molar-refractivity contribution is 6.29. The molecule has 0 radical (unpaired) electrons. The van der Waals surface area contributed by atoms with E-state index >= 15 is 0 Å². The Labute approximate surface area is 88.9 Å². The van der Waals surface area contributed by atoms with Crippen LogP contribution < -0.4 is 0 Å². The highest BCUT2D eigenvalue weighted by atomic mass is 16.6. The van der Waals surface area contributed by atoms with Gasteiger partial charge >= 0.3 is 6.09 Å². The summed E-state index contributed by atoms with van der Waals surface area (Å²) in [6.07, 6.45) is 0.892. The lowest BCUT2D eigenvalue weighted by atomic mass is 10.00. The van der Waals surface area contributed by atoms with Crippen LogP contribution in [0.4, 0.5) is 4.79 Å². The van der Waals surface area contributed by atoms with E-state index in [4.69, 9.17) is 10.1 Å². The number of likely N-dealkylation sites (tertiary alicyclic amines) is 1. The molecular formula is C10H16N2O3. The molecule has 1 amide bonds. The molecular weight excluding hydrogens is 196 g/mol. The second kappa shape index (κ2) is 4.00. The number of nitrogens with zero attached hydrogens (tertiary/aromatic N) is 1. The number of Topliss-reactive ketones (excluding diaryl/α,β-unsaturated/α-hetero) is 1. The van der Waals surface area contributed by atoms with Gasteiger partial charge in [0.05, 0.1) is 6.21 Å². The van der Waals surface area contributed by atoms with Gasteiger partial charge in [-0.15, -0.1) is 0 Å². The molecule has 0 aromatic heterocycles. The first kappa shape index (κ1) is 11.7. The SMILES string of the molecule is CC(C)(C)OC(=O)N1CCC1C(=O)C=N. The smallest absolute Gasteiger partial charge is 0.410 e. The normalized spacial score (nSPS) is 20.5. The third kappa shape index (κ3) is 2.78. The minimum Gasteiger partial charge on any atom is -0.444 e. The van der Waals surface area contributed by atoms with E-state index in [2.05, 4.69) is 0 Å². The van der Waals surface area contributed by atoms with Crippen molar-refractivity contribution in [2.45, 2.75) is 38.8 Å². The van der Waals surface area contributed by atoms with Crippen LogP contribution in [0.25, 0.3) is 0 Å². The number of amides is 1. The zero-order valence-electron chi connectivity index (χ0n) is 9.24. The maximum atomic E-state index is 11.5. The molecule has 1 rings (SSSR count). The van der Waals surface area contributed by atoms with Crippen LogP contribution in [-0.2, 0) is 9.53 Å². The van der Waals surface area contributed by atoms with E-state index in [1.165, 1.54) is 4.90 Å². The standard InChI is InChI=1S/C10H16N2O3/c1-10(2,3)15-9(14)12-5-4-7(12)8(13)6-11/h6-7,11H,4-5H2,1-3H3. The summed E-state index contributed by atoms with van der Waals surface area (Å²) in [6, 6.07) is -0.489. The second-order valence-electron chi connectivity index (χ2n) is 4.52. The highest BCUT2D eigenvalue weighted by Gasteiger charge is 2.38. The molecule has 0 bridgehead atoms. The van der Waals surface area contributed by atoms with Crippen LogP contribution in [0.1, 0.15) is 27.2 Å². The van der Waals surface area contributed by atoms with Crippen LogP contribution in [0.5, 0.6) is 0 Å². The highest BCUT2D eigenvalue weighted by Crippen LogP contribution is 2.21. The topological polar surface area (TPSA) is 70.5 Å². The lowest BCUT2D eigenvalue weighted by Gasteiger charge is -2.39. The second-order valence-corrected chi connectivity index (χ2v) is 4.52. The van der Waals surface area contributed by atoms with Crippen molar-refractivity contribution in [2.75, 3.05) is 6.54 Å². The fourth-order valence-corrected chi connectivity index (χ4v) is 1.32. The van der Waals surface area contributed by atoms with E-state index in [0.717, 1.165) is 6.21 Å². The van der Waals surface area contributed by atoms with Gasteiger partial charge in [-0.2, -0.15) is 0 Å². The van der Waals surface area contributed by atoms with Gasteiger partial charge in [0.1, 0.15) is 11.6 Å². The molecule has 0 aliphatic carbocycles. The van der Waals surface area contributed by atoms with Gasteiger partial charge in [0.2, 0.25) is 0 Å². The molecule has 15 heavy (non-hydrogen) atoms. The molecule has 1 unspecified atom stereocenters. The van der Waals surface area contributed by atoms with Crippen LogP contribution >= 0.6 is 0 Å². The summed E-state index contributed by atoms with van der Waals surface area (Å²) >= 11 is 0. The van der Waals surface area contributed by atoms with Crippen LogP contribution in [0.3, 0.4) is 0 Å². The molecule has 0 spiro atoms. The predicted molar refractivity (Wildman–Crippen MR) is 55.1 cm³/mol. The van der Waals surface area contributed by atoms with Gasteiger partial charge in [-0.1, -0.05) is 0 Å². The van der Waals surface area contributed by atoms with E-state index in [1.807, 2.05) is 0 Å². The van der Waals surface area contributed by atoms with Crippen molar-refractivity contribution in [1.82, 2.24) is 4.90 Å². The number of carbonyl (C=O) groups excluding carboxylic acids is 2. The lowest BCUT2D eigenvalue weighted by molar-refractivity contribution is -0.121. The summed E-state index contributed by atoms with van der Waals surface area (Å²) in [5, 5.41) is 6.83. The fraction of sp³-hybridized carbons (Fsp3) is 0.700. The summed E-state index contributed by atoms with van der Waals surface area (Å²) in [6.45, 7) is 5.85. The molecule has 1 aliphatic heterocycles. The number of carbonyl (C=O) groups is 2. The first-order chi connectivity index (χ1) is 6.85. The van der Waals surface area contributed by atoms with E-state index in [-0.39, 0.29) is 5.78 Å². The van der Waals surface area contributed by atoms with Gasteiger partial charge in [-0.3, -0.25) is 9.69 Å². The van der Waals surface area contributed by atoms with Gasteiger partial charge in [0.15, 0.2) is 5.78 Å². The third-order valence-corrected chi connectivity index (χ3v) is 2.12. The Morgan fingerprint density at radius 1 is 1.47 bits per heavy atom. The van der Waals surface area contributed by atoms with Crippen molar-refractivity contribution in [2.24, 2.45) is 0 Å². The van der Waals surface area contributed by atoms with E-state index in [9.17, 15) is 9.59 Å². The molecule has 0 aromatic rings. The molecule has 5 heteroatoms. The van der Waals surface area contributed by atoms with Gasteiger partial charge in [0.25, 0.3) is 0 Å². The first-order valence-electron chi connectivity index (χ1n) is 4.89. The molecule has 1 atom stereocenters. The third-order valence-electron chi connectivity index (χ3n) is 2.12. The summed E-state index contributed by atoms with van der Waals surface area (Å²) in [4.78, 5) is 24.1. The minimum absolute atomic E-state index is 0.341. The molecule has 1 N–H and O–H groups in total.